The minimum atomic E-state index is -0.586. The Bertz CT molecular complexity index is 517. The Balaban J connectivity index is 2.61. The fraction of sp³-hybridized carbons (Fsp3) is 0.167. The van der Waals surface area contributed by atoms with Gasteiger partial charge in [-0.3, -0.25) is 10.1 Å². The van der Waals surface area contributed by atoms with Gasteiger partial charge in [0.25, 0.3) is 5.69 Å². The Morgan fingerprint density at radius 2 is 2.33 bits per heavy atom. The smallest absolute Gasteiger partial charge is 0.330 e. The molecule has 0 fully saturated rings. The van der Waals surface area contributed by atoms with Crippen molar-refractivity contribution in [3.05, 3.63) is 46.0 Å². The van der Waals surface area contributed by atoms with Crippen LogP contribution in [0.2, 0.25) is 0 Å². The number of ether oxygens (including phenoxy) is 1. The van der Waals surface area contributed by atoms with E-state index in [9.17, 15) is 14.9 Å². The van der Waals surface area contributed by atoms with Crippen molar-refractivity contribution in [2.75, 3.05) is 6.61 Å². The lowest BCUT2D eigenvalue weighted by molar-refractivity contribution is -0.384. The van der Waals surface area contributed by atoms with Crippen LogP contribution in [0.15, 0.2) is 30.3 Å². The van der Waals surface area contributed by atoms with Crippen LogP contribution in [0.5, 0.6) is 0 Å². The van der Waals surface area contributed by atoms with Gasteiger partial charge in [0.15, 0.2) is 0 Å². The number of benzene rings is 1. The van der Waals surface area contributed by atoms with Crippen molar-refractivity contribution in [3.63, 3.8) is 0 Å². The maximum absolute atomic E-state index is 11.2. The molecule has 0 N–H and O–H groups in total. The van der Waals surface area contributed by atoms with Gasteiger partial charge in [-0.2, -0.15) is 5.26 Å². The zero-order valence-electron chi connectivity index (χ0n) is 9.41. The Kier molecular flexibility index (Phi) is 5.06. The maximum Gasteiger partial charge on any atom is 0.330 e. The number of nitrogens with zero attached hydrogens (tertiary/aromatic N) is 2. The molecule has 6 heteroatoms. The highest BCUT2D eigenvalue weighted by molar-refractivity contribution is 5.87. The zero-order valence-corrected chi connectivity index (χ0v) is 9.41. The number of nitro groups is 1. The molecule has 0 aliphatic carbocycles. The summed E-state index contributed by atoms with van der Waals surface area (Å²) in [5.41, 5.74) is 0.483. The predicted molar refractivity (Wildman–Crippen MR) is 63.3 cm³/mol. The fourth-order valence-corrected chi connectivity index (χ4v) is 1.15. The Morgan fingerprint density at radius 1 is 1.56 bits per heavy atom. The third-order valence-electron chi connectivity index (χ3n) is 1.95. The molecule has 92 valence electrons. The number of hydrogen-bond donors (Lipinski definition) is 0. The fourth-order valence-electron chi connectivity index (χ4n) is 1.15. The topological polar surface area (TPSA) is 93.2 Å². The number of hydrogen-bond acceptors (Lipinski definition) is 5. The lowest BCUT2D eigenvalue weighted by Crippen LogP contribution is -2.01. The molecule has 0 amide bonds. The van der Waals surface area contributed by atoms with Crippen molar-refractivity contribution in [2.24, 2.45) is 0 Å². The standard InChI is InChI=1S/C12H10N2O4/c13-7-2-8-18-12(15)6-5-10-3-1-4-11(9-10)14(16)17/h1,3-6,9H,2,8H2. The number of rotatable bonds is 5. The molecule has 0 aromatic heterocycles. The third kappa shape index (κ3) is 4.45. The van der Waals surface area contributed by atoms with Gasteiger partial charge in [0, 0.05) is 18.2 Å². The quantitative estimate of drug-likeness (QED) is 0.260. The Morgan fingerprint density at radius 3 is 3.00 bits per heavy atom. The molecule has 0 aliphatic heterocycles. The number of esters is 1. The van der Waals surface area contributed by atoms with E-state index in [-0.39, 0.29) is 18.7 Å². The summed E-state index contributed by atoms with van der Waals surface area (Å²) in [6.07, 6.45) is 2.72. The first-order valence-corrected chi connectivity index (χ1v) is 5.09. The SMILES string of the molecule is N#CCCOC(=O)C=Cc1cccc([N+](=O)[O-])c1. The van der Waals surface area contributed by atoms with E-state index >= 15 is 0 Å². The largest absolute Gasteiger partial charge is 0.461 e. The molecule has 18 heavy (non-hydrogen) atoms. The summed E-state index contributed by atoms with van der Waals surface area (Å²) in [4.78, 5) is 21.2. The van der Waals surface area contributed by atoms with E-state index < -0.39 is 10.9 Å². The summed E-state index contributed by atoms with van der Waals surface area (Å²) in [6.45, 7) is 0.0363. The predicted octanol–water partition coefficient (Wildman–Crippen LogP) is 2.06. The maximum atomic E-state index is 11.2. The molecule has 0 unspecified atom stereocenters. The van der Waals surface area contributed by atoms with Crippen molar-refractivity contribution in [3.8, 4) is 6.07 Å². The molecule has 0 heterocycles. The van der Waals surface area contributed by atoms with Crippen LogP contribution in [0.4, 0.5) is 5.69 Å². The molecule has 0 saturated carbocycles. The van der Waals surface area contributed by atoms with Gasteiger partial charge >= 0.3 is 5.97 Å². The Labute approximate surface area is 103 Å². The number of non-ortho nitro benzene ring substituents is 1. The van der Waals surface area contributed by atoms with Crippen molar-refractivity contribution in [1.82, 2.24) is 0 Å². The molecule has 0 spiro atoms. The average Bonchev–Trinajstić information content (AvgIpc) is 2.37. The summed E-state index contributed by atoms with van der Waals surface area (Å²) in [5.74, 6) is -0.586. The second kappa shape index (κ2) is 6.81. The van der Waals surface area contributed by atoms with Crippen molar-refractivity contribution in [1.29, 1.82) is 5.26 Å². The van der Waals surface area contributed by atoms with Crippen LogP contribution in [0.3, 0.4) is 0 Å². The third-order valence-corrected chi connectivity index (χ3v) is 1.95. The van der Waals surface area contributed by atoms with Gasteiger partial charge in [0.05, 0.1) is 17.4 Å². The molecule has 6 nitrogen and oxygen atoms in total. The minimum absolute atomic E-state index is 0.0363. The summed E-state index contributed by atoms with van der Waals surface area (Å²) in [6, 6.07) is 7.71. The average molecular weight is 246 g/mol. The van der Waals surface area contributed by atoms with E-state index in [1.165, 1.54) is 24.3 Å². The Hall–Kier alpha value is -2.68. The van der Waals surface area contributed by atoms with E-state index in [0.29, 0.717) is 5.56 Å². The summed E-state index contributed by atoms with van der Waals surface area (Å²) < 4.78 is 4.70. The molecule has 0 aliphatic rings. The molecule has 1 aromatic rings. The molecule has 0 radical (unpaired) electrons. The van der Waals surface area contributed by atoms with Gasteiger partial charge in [-0.25, -0.2) is 4.79 Å². The number of carbonyl (C=O) groups is 1. The molecule has 0 atom stereocenters. The highest BCUT2D eigenvalue weighted by atomic mass is 16.6. The van der Waals surface area contributed by atoms with Crippen LogP contribution in [0.1, 0.15) is 12.0 Å². The van der Waals surface area contributed by atoms with Crippen LogP contribution >= 0.6 is 0 Å². The normalized spacial score (nSPS) is 9.94. The number of nitriles is 1. The highest BCUT2D eigenvalue weighted by Crippen LogP contribution is 2.14. The van der Waals surface area contributed by atoms with E-state index in [0.717, 1.165) is 6.08 Å². The van der Waals surface area contributed by atoms with E-state index in [1.54, 1.807) is 6.07 Å². The second-order valence-electron chi connectivity index (χ2n) is 3.26. The summed E-state index contributed by atoms with van der Waals surface area (Å²) in [7, 11) is 0. The molecule has 1 rings (SSSR count). The van der Waals surface area contributed by atoms with Crippen LogP contribution in [0, 0.1) is 21.4 Å². The van der Waals surface area contributed by atoms with Gasteiger partial charge in [-0.15, -0.1) is 0 Å². The summed E-state index contributed by atoms with van der Waals surface area (Å²) in [5, 5.41) is 18.8. The van der Waals surface area contributed by atoms with Gasteiger partial charge in [-0.05, 0) is 11.6 Å². The van der Waals surface area contributed by atoms with E-state index in [2.05, 4.69) is 0 Å². The molecular formula is C12H10N2O4. The monoisotopic (exact) mass is 246 g/mol. The lowest BCUT2D eigenvalue weighted by Gasteiger charge is -1.97. The van der Waals surface area contributed by atoms with Gasteiger partial charge in [0.2, 0.25) is 0 Å². The van der Waals surface area contributed by atoms with Crippen LogP contribution in [0.25, 0.3) is 6.08 Å². The number of nitro benzene ring substituents is 1. The van der Waals surface area contributed by atoms with Gasteiger partial charge < -0.3 is 4.74 Å². The first-order chi connectivity index (χ1) is 8.63. The van der Waals surface area contributed by atoms with Gasteiger partial charge in [0.1, 0.15) is 6.61 Å². The highest BCUT2D eigenvalue weighted by Gasteiger charge is 2.04. The number of carbonyl (C=O) groups excluding carboxylic acids is 1. The molecule has 0 bridgehead atoms. The van der Waals surface area contributed by atoms with Crippen LogP contribution in [-0.2, 0) is 9.53 Å². The zero-order chi connectivity index (χ0) is 13.4. The minimum Gasteiger partial charge on any atom is -0.461 e. The second-order valence-corrected chi connectivity index (χ2v) is 3.26. The van der Waals surface area contributed by atoms with Crippen molar-refractivity contribution in [2.45, 2.75) is 6.42 Å². The van der Waals surface area contributed by atoms with Crippen LogP contribution in [-0.4, -0.2) is 17.5 Å². The van der Waals surface area contributed by atoms with Gasteiger partial charge in [-0.1, -0.05) is 12.1 Å². The summed E-state index contributed by atoms with van der Waals surface area (Å²) >= 11 is 0. The molecule has 0 saturated heterocycles. The first kappa shape index (κ1) is 13.4. The van der Waals surface area contributed by atoms with Crippen LogP contribution < -0.4 is 0 Å². The molecule has 1 aromatic carbocycles. The van der Waals surface area contributed by atoms with E-state index in [4.69, 9.17) is 10.00 Å². The van der Waals surface area contributed by atoms with E-state index in [1.807, 2.05) is 6.07 Å². The lowest BCUT2D eigenvalue weighted by atomic mass is 10.2. The van der Waals surface area contributed by atoms with Crippen molar-refractivity contribution < 1.29 is 14.5 Å². The first-order valence-electron chi connectivity index (χ1n) is 5.09. The van der Waals surface area contributed by atoms with Crippen molar-refractivity contribution >= 4 is 17.7 Å². The molecular weight excluding hydrogens is 236 g/mol.